The molecule has 2 heterocycles. The summed E-state index contributed by atoms with van der Waals surface area (Å²) in [5.41, 5.74) is 3.87. The number of H-pyrrole nitrogens is 1. The molecule has 2 amide bonds. The number of carbonyl (C=O) groups excluding carboxylic acids is 2. The summed E-state index contributed by atoms with van der Waals surface area (Å²) in [4.78, 5) is 33.4. The average Bonchev–Trinajstić information content (AvgIpc) is 3.24. The number of aryl methyl sites for hydroxylation is 1. The van der Waals surface area contributed by atoms with Crippen LogP contribution in [0.5, 0.6) is 0 Å². The number of nitrogens with one attached hydrogen (secondary N) is 3. The maximum atomic E-state index is 12.7. The highest BCUT2D eigenvalue weighted by molar-refractivity contribution is 7.17. The van der Waals surface area contributed by atoms with Crippen molar-refractivity contribution >= 4 is 39.2 Å². The van der Waals surface area contributed by atoms with Crippen molar-refractivity contribution in [3.63, 3.8) is 0 Å². The highest BCUT2D eigenvalue weighted by Gasteiger charge is 2.26. The molecular formula is C18H18N4O2S. The number of nitrogens with zero attached hydrogens (tertiary/aromatic N) is 1. The summed E-state index contributed by atoms with van der Waals surface area (Å²) in [6.07, 6.45) is 5.68. The Morgan fingerprint density at radius 3 is 2.88 bits per heavy atom. The van der Waals surface area contributed by atoms with Crippen molar-refractivity contribution in [1.82, 2.24) is 15.3 Å². The number of hydrogen-bond acceptors (Lipinski definition) is 4. The number of fused-ring (bicyclic) bond motifs is 2. The molecule has 0 bridgehead atoms. The number of amides is 2. The van der Waals surface area contributed by atoms with Gasteiger partial charge in [0.25, 0.3) is 11.8 Å². The Morgan fingerprint density at radius 1 is 1.20 bits per heavy atom. The van der Waals surface area contributed by atoms with Gasteiger partial charge in [0.1, 0.15) is 5.00 Å². The minimum atomic E-state index is -0.222. The first-order valence-electron chi connectivity index (χ1n) is 8.28. The molecule has 0 spiro atoms. The molecule has 6 nitrogen and oxygen atoms in total. The predicted octanol–water partition coefficient (Wildman–Crippen LogP) is 3.12. The molecule has 0 fully saturated rings. The Kier molecular flexibility index (Phi) is 4.01. The lowest BCUT2D eigenvalue weighted by Crippen LogP contribution is -2.22. The first kappa shape index (κ1) is 15.8. The van der Waals surface area contributed by atoms with Crippen molar-refractivity contribution < 1.29 is 9.59 Å². The minimum absolute atomic E-state index is 0.140. The van der Waals surface area contributed by atoms with Crippen molar-refractivity contribution in [1.29, 1.82) is 0 Å². The number of hydrogen-bond donors (Lipinski definition) is 3. The van der Waals surface area contributed by atoms with Crippen LogP contribution in [-0.2, 0) is 12.8 Å². The molecule has 3 aromatic rings. The topological polar surface area (TPSA) is 86.9 Å². The van der Waals surface area contributed by atoms with E-state index < -0.39 is 0 Å². The number of aromatic nitrogens is 2. The molecule has 0 saturated carbocycles. The smallest absolute Gasteiger partial charge is 0.256 e. The summed E-state index contributed by atoms with van der Waals surface area (Å²) in [6.45, 7) is 0. The molecule has 0 saturated heterocycles. The molecule has 1 aliphatic rings. The molecule has 1 aromatic carbocycles. The van der Waals surface area contributed by atoms with Crippen molar-refractivity contribution in [2.24, 2.45) is 0 Å². The Bertz CT molecular complexity index is 973. The van der Waals surface area contributed by atoms with E-state index in [1.165, 1.54) is 16.2 Å². The molecule has 4 rings (SSSR count). The molecule has 7 heteroatoms. The molecule has 128 valence electrons. The molecule has 3 N–H and O–H groups in total. The van der Waals surface area contributed by atoms with E-state index in [2.05, 4.69) is 20.6 Å². The summed E-state index contributed by atoms with van der Waals surface area (Å²) in [5, 5.41) is 6.28. The normalized spacial score (nSPS) is 13.5. The van der Waals surface area contributed by atoms with Crippen molar-refractivity contribution in [3.8, 4) is 0 Å². The summed E-state index contributed by atoms with van der Waals surface area (Å²) in [6, 6.07) is 5.32. The van der Waals surface area contributed by atoms with Gasteiger partial charge in [0, 0.05) is 17.5 Å². The summed E-state index contributed by atoms with van der Waals surface area (Å²) < 4.78 is 0. The fourth-order valence-electron chi connectivity index (χ4n) is 3.27. The zero-order valence-corrected chi connectivity index (χ0v) is 14.6. The van der Waals surface area contributed by atoms with Gasteiger partial charge in [0.2, 0.25) is 0 Å². The van der Waals surface area contributed by atoms with Gasteiger partial charge in [-0.15, -0.1) is 11.3 Å². The van der Waals surface area contributed by atoms with E-state index in [1.54, 1.807) is 31.6 Å². The molecular weight excluding hydrogens is 336 g/mol. The SMILES string of the molecule is CNC(=O)c1c(NC(=O)c2ccc3nc[nH]c3c2)sc2c1CCCC2. The maximum Gasteiger partial charge on any atom is 0.256 e. The molecule has 0 aliphatic heterocycles. The Morgan fingerprint density at radius 2 is 2.04 bits per heavy atom. The zero-order chi connectivity index (χ0) is 17.4. The van der Waals surface area contributed by atoms with Crippen LogP contribution in [0.15, 0.2) is 24.5 Å². The number of rotatable bonds is 3. The van der Waals surface area contributed by atoms with Crippen LogP contribution in [0, 0.1) is 0 Å². The Labute approximate surface area is 148 Å². The van der Waals surface area contributed by atoms with Crippen molar-refractivity contribution in [2.75, 3.05) is 12.4 Å². The zero-order valence-electron chi connectivity index (χ0n) is 13.8. The first-order chi connectivity index (χ1) is 12.2. The monoisotopic (exact) mass is 354 g/mol. The third-order valence-electron chi connectivity index (χ3n) is 4.53. The van der Waals surface area contributed by atoms with Crippen LogP contribution in [-0.4, -0.2) is 28.8 Å². The highest BCUT2D eigenvalue weighted by Crippen LogP contribution is 2.38. The fraction of sp³-hybridized carbons (Fsp3) is 0.278. The third kappa shape index (κ3) is 2.80. The molecule has 1 aliphatic carbocycles. The van der Waals surface area contributed by atoms with Crippen LogP contribution in [0.3, 0.4) is 0 Å². The summed E-state index contributed by atoms with van der Waals surface area (Å²) in [7, 11) is 1.62. The van der Waals surface area contributed by atoms with Gasteiger partial charge in [-0.05, 0) is 49.4 Å². The summed E-state index contributed by atoms with van der Waals surface area (Å²) in [5.74, 6) is -0.362. The first-order valence-corrected chi connectivity index (χ1v) is 9.10. The van der Waals surface area contributed by atoms with Crippen LogP contribution in [0.4, 0.5) is 5.00 Å². The lowest BCUT2D eigenvalue weighted by atomic mass is 9.95. The minimum Gasteiger partial charge on any atom is -0.355 e. The lowest BCUT2D eigenvalue weighted by molar-refractivity contribution is 0.0963. The number of imidazole rings is 1. The lowest BCUT2D eigenvalue weighted by Gasteiger charge is -2.12. The number of aromatic amines is 1. The van der Waals surface area contributed by atoms with Gasteiger partial charge in [0.15, 0.2) is 0 Å². The quantitative estimate of drug-likeness (QED) is 0.675. The number of thiophene rings is 1. The van der Waals surface area contributed by atoms with Gasteiger partial charge in [-0.25, -0.2) is 4.98 Å². The van der Waals surface area contributed by atoms with Gasteiger partial charge in [-0.1, -0.05) is 0 Å². The van der Waals surface area contributed by atoms with Crippen molar-refractivity contribution in [3.05, 3.63) is 46.1 Å². The van der Waals surface area contributed by atoms with E-state index in [9.17, 15) is 9.59 Å². The van der Waals surface area contributed by atoms with E-state index in [1.807, 2.05) is 0 Å². The third-order valence-corrected chi connectivity index (χ3v) is 5.74. The number of benzene rings is 1. The standard InChI is InChI=1S/C18H18N4O2S/c1-19-17(24)15-11-4-2-3-5-14(11)25-18(15)22-16(23)10-6-7-12-13(8-10)21-9-20-12/h6-9H,2-5H2,1H3,(H,19,24)(H,20,21)(H,22,23). The van der Waals surface area contributed by atoms with Gasteiger partial charge in [0.05, 0.1) is 22.9 Å². The van der Waals surface area contributed by atoms with Crippen LogP contribution >= 0.6 is 11.3 Å². The Balaban J connectivity index is 1.68. The Hall–Kier alpha value is -2.67. The predicted molar refractivity (Wildman–Crippen MR) is 98.4 cm³/mol. The largest absolute Gasteiger partial charge is 0.355 e. The number of carbonyl (C=O) groups is 2. The van der Waals surface area contributed by atoms with Crippen LogP contribution < -0.4 is 10.6 Å². The van der Waals surface area contributed by atoms with Crippen LogP contribution in [0.1, 0.15) is 44.0 Å². The maximum absolute atomic E-state index is 12.7. The highest BCUT2D eigenvalue weighted by atomic mass is 32.1. The molecule has 25 heavy (non-hydrogen) atoms. The van der Waals surface area contributed by atoms with Crippen LogP contribution in [0.25, 0.3) is 11.0 Å². The van der Waals surface area contributed by atoms with Gasteiger partial charge >= 0.3 is 0 Å². The second kappa shape index (κ2) is 6.33. The molecule has 0 unspecified atom stereocenters. The average molecular weight is 354 g/mol. The van der Waals surface area contributed by atoms with E-state index >= 15 is 0 Å². The second-order valence-electron chi connectivity index (χ2n) is 6.08. The fourth-order valence-corrected chi connectivity index (χ4v) is 4.55. The van der Waals surface area contributed by atoms with E-state index in [-0.39, 0.29) is 11.8 Å². The molecule has 0 atom stereocenters. The van der Waals surface area contributed by atoms with E-state index in [0.29, 0.717) is 16.1 Å². The van der Waals surface area contributed by atoms with E-state index in [0.717, 1.165) is 42.3 Å². The van der Waals surface area contributed by atoms with Gasteiger partial charge in [-0.3, -0.25) is 9.59 Å². The molecule has 2 aromatic heterocycles. The van der Waals surface area contributed by atoms with Crippen molar-refractivity contribution in [2.45, 2.75) is 25.7 Å². The number of anilines is 1. The van der Waals surface area contributed by atoms with E-state index in [4.69, 9.17) is 0 Å². The van der Waals surface area contributed by atoms with Crippen LogP contribution in [0.2, 0.25) is 0 Å². The van der Waals surface area contributed by atoms with Gasteiger partial charge < -0.3 is 15.6 Å². The van der Waals surface area contributed by atoms with Gasteiger partial charge in [-0.2, -0.15) is 0 Å². The summed E-state index contributed by atoms with van der Waals surface area (Å²) >= 11 is 1.52. The molecule has 0 radical (unpaired) electrons. The second-order valence-corrected chi connectivity index (χ2v) is 7.19.